The maximum Gasteiger partial charge on any atom is 0.115 e. The van der Waals surface area contributed by atoms with Crippen LogP contribution in [0.5, 0.6) is 5.75 Å². The summed E-state index contributed by atoms with van der Waals surface area (Å²) in [6, 6.07) is 8.27. The van der Waals surface area contributed by atoms with Gasteiger partial charge in [-0.3, -0.25) is 0 Å². The highest BCUT2D eigenvalue weighted by Crippen LogP contribution is 2.32. The minimum atomic E-state index is 0.358. The van der Waals surface area contributed by atoms with E-state index in [1.165, 1.54) is 22.4 Å². The first-order valence-corrected chi connectivity index (χ1v) is 8.18. The Bertz CT molecular complexity index is 581. The fourth-order valence-electron chi connectivity index (χ4n) is 2.67. The molecule has 0 spiro atoms. The van der Waals surface area contributed by atoms with Gasteiger partial charge in [-0.25, -0.2) is 0 Å². The molecule has 0 bridgehead atoms. The van der Waals surface area contributed by atoms with E-state index in [2.05, 4.69) is 38.8 Å². The van der Waals surface area contributed by atoms with Crippen molar-refractivity contribution in [1.82, 2.24) is 5.32 Å². The highest BCUT2D eigenvalue weighted by molar-refractivity contribution is 9.10. The molecule has 1 aromatic heterocycles. The van der Waals surface area contributed by atoms with Gasteiger partial charge in [-0.15, -0.1) is 11.3 Å². The molecule has 0 amide bonds. The van der Waals surface area contributed by atoms with Crippen molar-refractivity contribution in [3.8, 4) is 5.75 Å². The van der Waals surface area contributed by atoms with E-state index >= 15 is 0 Å². The standard InChI is InChI=1S/C15H16BrNOS/c16-11-6-13(19-9-11)8-17-15-3-1-2-10-4-5-12(18)7-14(10)15/h4-7,9,15,17-18H,1-3,8H2. The molecule has 1 unspecified atom stereocenters. The van der Waals surface area contributed by atoms with Gasteiger partial charge in [-0.2, -0.15) is 0 Å². The Morgan fingerprint density at radius 3 is 3.05 bits per heavy atom. The van der Waals surface area contributed by atoms with E-state index in [1.54, 1.807) is 17.4 Å². The maximum absolute atomic E-state index is 9.66. The summed E-state index contributed by atoms with van der Waals surface area (Å²) in [5.41, 5.74) is 2.63. The van der Waals surface area contributed by atoms with Gasteiger partial charge in [-0.1, -0.05) is 6.07 Å². The number of nitrogens with one attached hydrogen (secondary N) is 1. The SMILES string of the molecule is Oc1ccc2c(c1)C(NCc1cc(Br)cs1)CCC2. The van der Waals surface area contributed by atoms with Crippen molar-refractivity contribution in [3.63, 3.8) is 0 Å². The minimum Gasteiger partial charge on any atom is -0.508 e. The van der Waals surface area contributed by atoms with Crippen molar-refractivity contribution in [3.05, 3.63) is 50.1 Å². The van der Waals surface area contributed by atoms with Crippen molar-refractivity contribution in [2.24, 2.45) is 0 Å². The highest BCUT2D eigenvalue weighted by atomic mass is 79.9. The topological polar surface area (TPSA) is 32.3 Å². The number of hydrogen-bond donors (Lipinski definition) is 2. The lowest BCUT2D eigenvalue weighted by atomic mass is 9.87. The molecule has 4 heteroatoms. The van der Waals surface area contributed by atoms with Crippen LogP contribution in [-0.4, -0.2) is 5.11 Å². The van der Waals surface area contributed by atoms with Gasteiger partial charge in [0.2, 0.25) is 0 Å². The molecule has 1 aromatic carbocycles. The Balaban J connectivity index is 1.74. The highest BCUT2D eigenvalue weighted by Gasteiger charge is 2.20. The molecule has 2 aromatic rings. The maximum atomic E-state index is 9.66. The first-order valence-electron chi connectivity index (χ1n) is 6.50. The van der Waals surface area contributed by atoms with E-state index in [0.29, 0.717) is 11.8 Å². The number of benzene rings is 1. The van der Waals surface area contributed by atoms with Gasteiger partial charge in [0.15, 0.2) is 0 Å². The predicted octanol–water partition coefficient (Wildman–Crippen LogP) is 4.38. The molecule has 3 rings (SSSR count). The van der Waals surface area contributed by atoms with E-state index in [0.717, 1.165) is 23.9 Å². The summed E-state index contributed by atoms with van der Waals surface area (Å²) in [4.78, 5) is 1.33. The van der Waals surface area contributed by atoms with Crippen molar-refractivity contribution >= 4 is 27.3 Å². The van der Waals surface area contributed by atoms with E-state index in [1.807, 2.05) is 6.07 Å². The van der Waals surface area contributed by atoms with Crippen LogP contribution < -0.4 is 5.32 Å². The number of phenolic OH excluding ortho intramolecular Hbond substituents is 1. The van der Waals surface area contributed by atoms with Gasteiger partial charge in [0.05, 0.1) is 0 Å². The average molecular weight is 338 g/mol. The van der Waals surface area contributed by atoms with Gasteiger partial charge in [0.25, 0.3) is 0 Å². The second-order valence-electron chi connectivity index (χ2n) is 4.94. The zero-order chi connectivity index (χ0) is 13.2. The summed E-state index contributed by atoms with van der Waals surface area (Å²) in [6.45, 7) is 0.885. The third kappa shape index (κ3) is 3.02. The number of aryl methyl sites for hydroxylation is 1. The molecule has 0 radical (unpaired) electrons. The van der Waals surface area contributed by atoms with Gasteiger partial charge < -0.3 is 10.4 Å². The number of halogens is 1. The first-order chi connectivity index (χ1) is 9.22. The quantitative estimate of drug-likeness (QED) is 0.870. The van der Waals surface area contributed by atoms with Crippen LogP contribution in [0.2, 0.25) is 0 Å². The molecule has 1 aliphatic rings. The van der Waals surface area contributed by atoms with Crippen LogP contribution in [-0.2, 0) is 13.0 Å². The number of thiophene rings is 1. The van der Waals surface area contributed by atoms with E-state index in [4.69, 9.17) is 0 Å². The second-order valence-corrected chi connectivity index (χ2v) is 6.85. The third-order valence-corrected chi connectivity index (χ3v) is 5.29. The summed E-state index contributed by atoms with van der Waals surface area (Å²) in [5.74, 6) is 0.367. The van der Waals surface area contributed by atoms with Crippen LogP contribution in [0.1, 0.15) is 34.9 Å². The molecular weight excluding hydrogens is 322 g/mol. The summed E-state index contributed by atoms with van der Waals surface area (Å²) >= 11 is 5.25. The molecular formula is C15H16BrNOS. The van der Waals surface area contributed by atoms with E-state index < -0.39 is 0 Å². The van der Waals surface area contributed by atoms with Crippen molar-refractivity contribution in [2.45, 2.75) is 31.8 Å². The molecule has 100 valence electrons. The van der Waals surface area contributed by atoms with Gasteiger partial charge in [-0.05, 0) is 64.5 Å². The number of fused-ring (bicyclic) bond motifs is 1. The number of hydrogen-bond acceptors (Lipinski definition) is 3. The van der Waals surface area contributed by atoms with Gasteiger partial charge >= 0.3 is 0 Å². The lowest BCUT2D eigenvalue weighted by molar-refractivity contribution is 0.447. The van der Waals surface area contributed by atoms with Crippen LogP contribution in [0.15, 0.2) is 34.1 Å². The van der Waals surface area contributed by atoms with Crippen molar-refractivity contribution in [1.29, 1.82) is 0 Å². The molecule has 0 aliphatic heterocycles. The minimum absolute atomic E-state index is 0.358. The monoisotopic (exact) mass is 337 g/mol. The average Bonchev–Trinajstić information content (AvgIpc) is 2.82. The van der Waals surface area contributed by atoms with Gasteiger partial charge in [0, 0.05) is 27.3 Å². The van der Waals surface area contributed by atoms with Crippen molar-refractivity contribution in [2.75, 3.05) is 0 Å². The van der Waals surface area contributed by atoms with Crippen molar-refractivity contribution < 1.29 is 5.11 Å². The molecule has 0 saturated carbocycles. The lowest BCUT2D eigenvalue weighted by Crippen LogP contribution is -2.24. The van der Waals surface area contributed by atoms with E-state index in [9.17, 15) is 5.11 Å². The number of rotatable bonds is 3. The summed E-state index contributed by atoms with van der Waals surface area (Å²) in [5, 5.41) is 15.4. The fourth-order valence-corrected chi connectivity index (χ4v) is 4.07. The van der Waals surface area contributed by atoms with Crippen LogP contribution in [0.4, 0.5) is 0 Å². The lowest BCUT2D eigenvalue weighted by Gasteiger charge is -2.26. The molecule has 0 saturated heterocycles. The molecule has 0 fully saturated rings. The molecule has 2 nitrogen and oxygen atoms in total. The Morgan fingerprint density at radius 2 is 2.26 bits per heavy atom. The number of aromatic hydroxyl groups is 1. The van der Waals surface area contributed by atoms with Crippen LogP contribution in [0, 0.1) is 0 Å². The zero-order valence-electron chi connectivity index (χ0n) is 10.5. The summed E-state index contributed by atoms with van der Waals surface area (Å²) < 4.78 is 1.15. The molecule has 2 N–H and O–H groups in total. The number of phenols is 1. The molecule has 1 atom stereocenters. The van der Waals surface area contributed by atoms with E-state index in [-0.39, 0.29) is 0 Å². The Labute approximate surface area is 125 Å². The van der Waals surface area contributed by atoms with Gasteiger partial charge in [0.1, 0.15) is 5.75 Å². The molecule has 19 heavy (non-hydrogen) atoms. The Hall–Kier alpha value is -0.840. The molecule has 1 heterocycles. The summed E-state index contributed by atoms with van der Waals surface area (Å²) in [6.07, 6.45) is 3.48. The normalized spacial score (nSPS) is 18.3. The van der Waals surface area contributed by atoms with Crippen LogP contribution in [0.25, 0.3) is 0 Å². The third-order valence-electron chi connectivity index (χ3n) is 3.59. The van der Waals surface area contributed by atoms with Crippen LogP contribution in [0.3, 0.4) is 0 Å². The zero-order valence-corrected chi connectivity index (χ0v) is 12.9. The Morgan fingerprint density at radius 1 is 1.37 bits per heavy atom. The Kier molecular flexibility index (Phi) is 3.91. The second kappa shape index (κ2) is 5.65. The first kappa shape index (κ1) is 13.2. The van der Waals surface area contributed by atoms with Crippen LogP contribution >= 0.6 is 27.3 Å². The smallest absolute Gasteiger partial charge is 0.115 e. The summed E-state index contributed by atoms with van der Waals surface area (Å²) in [7, 11) is 0. The largest absolute Gasteiger partial charge is 0.508 e. The molecule has 1 aliphatic carbocycles. The predicted molar refractivity (Wildman–Crippen MR) is 82.6 cm³/mol. The fraction of sp³-hybridized carbons (Fsp3) is 0.333.